The van der Waals surface area contributed by atoms with Gasteiger partial charge in [-0.25, -0.2) is 0 Å². The minimum atomic E-state index is -0.958. The maximum absolute atomic E-state index is 10.0. The molecular weight excluding hydrogens is 142 g/mol. The summed E-state index contributed by atoms with van der Waals surface area (Å²) in [6.45, 7) is 0. The van der Waals surface area contributed by atoms with E-state index in [0.29, 0.717) is 18.7 Å². The zero-order valence-corrected chi connectivity index (χ0v) is 5.77. The van der Waals surface area contributed by atoms with Crippen LogP contribution in [0.2, 0.25) is 0 Å². The van der Waals surface area contributed by atoms with Crippen LogP contribution in [0.5, 0.6) is 0 Å². The monoisotopic (exact) mass is 151 g/mol. The molecule has 0 saturated carbocycles. The summed E-state index contributed by atoms with van der Waals surface area (Å²) in [5, 5.41) is 8.24. The van der Waals surface area contributed by atoms with Crippen molar-refractivity contribution in [2.24, 2.45) is 5.73 Å². The molecule has 54 valence electrons. The molecule has 0 aromatic rings. The summed E-state index contributed by atoms with van der Waals surface area (Å²) in [6.07, 6.45) is 1.12. The van der Waals surface area contributed by atoms with Gasteiger partial charge in [-0.15, -0.1) is 11.6 Å². The highest BCUT2D eigenvalue weighted by Gasteiger charge is 2.08. The fourth-order valence-electron chi connectivity index (χ4n) is 0.421. The Kier molecular flexibility index (Phi) is 4.44. The predicted molar refractivity (Wildman–Crippen MR) is 35.6 cm³/mol. The molecule has 0 amide bonds. The normalized spacial score (nSPS) is 13.1. The van der Waals surface area contributed by atoms with Gasteiger partial charge in [0, 0.05) is 5.88 Å². The molecule has 0 heterocycles. The van der Waals surface area contributed by atoms with Crippen molar-refractivity contribution in [3.8, 4) is 0 Å². The molecule has 4 heteroatoms. The third-order valence-electron chi connectivity index (χ3n) is 0.966. The van der Waals surface area contributed by atoms with Crippen molar-refractivity contribution in [1.29, 1.82) is 0 Å². The SMILES string of the molecule is NC(CCCCl)C(=O)O. The highest BCUT2D eigenvalue weighted by atomic mass is 35.5. The van der Waals surface area contributed by atoms with E-state index < -0.39 is 12.0 Å². The van der Waals surface area contributed by atoms with Crippen molar-refractivity contribution in [1.82, 2.24) is 0 Å². The number of rotatable bonds is 4. The molecule has 0 spiro atoms. The molecule has 1 atom stereocenters. The number of carboxylic acid groups (broad SMARTS) is 1. The van der Waals surface area contributed by atoms with Gasteiger partial charge in [-0.1, -0.05) is 0 Å². The van der Waals surface area contributed by atoms with Crippen LogP contribution in [0.4, 0.5) is 0 Å². The first-order chi connectivity index (χ1) is 4.18. The smallest absolute Gasteiger partial charge is 0.320 e. The summed E-state index contributed by atoms with van der Waals surface area (Å²) in [4.78, 5) is 10.0. The van der Waals surface area contributed by atoms with E-state index in [4.69, 9.17) is 22.4 Å². The first kappa shape index (κ1) is 8.72. The van der Waals surface area contributed by atoms with Crippen LogP contribution in [0.3, 0.4) is 0 Å². The Hall–Kier alpha value is -0.280. The van der Waals surface area contributed by atoms with Crippen LogP contribution in [0.1, 0.15) is 12.8 Å². The second-order valence-electron chi connectivity index (χ2n) is 1.78. The molecule has 0 aliphatic rings. The third-order valence-corrected chi connectivity index (χ3v) is 1.23. The Balaban J connectivity index is 3.27. The largest absolute Gasteiger partial charge is 0.480 e. The molecule has 1 unspecified atom stereocenters. The summed E-state index contributed by atoms with van der Waals surface area (Å²) >= 11 is 5.30. The number of carbonyl (C=O) groups is 1. The zero-order chi connectivity index (χ0) is 7.28. The molecule has 0 radical (unpaired) electrons. The first-order valence-corrected chi connectivity index (χ1v) is 3.26. The van der Waals surface area contributed by atoms with Gasteiger partial charge < -0.3 is 10.8 Å². The Bertz CT molecular complexity index is 97.0. The number of hydrogen-bond donors (Lipinski definition) is 2. The molecule has 0 aliphatic heterocycles. The van der Waals surface area contributed by atoms with E-state index in [-0.39, 0.29) is 0 Å². The molecule has 0 aromatic heterocycles. The van der Waals surface area contributed by atoms with E-state index in [9.17, 15) is 4.79 Å². The summed E-state index contributed by atoms with van der Waals surface area (Å²) in [5.74, 6) is -0.485. The summed E-state index contributed by atoms with van der Waals surface area (Å²) < 4.78 is 0. The summed E-state index contributed by atoms with van der Waals surface area (Å²) in [5.41, 5.74) is 5.14. The fourth-order valence-corrected chi connectivity index (χ4v) is 0.575. The third kappa shape index (κ3) is 4.24. The minimum Gasteiger partial charge on any atom is -0.480 e. The van der Waals surface area contributed by atoms with Gasteiger partial charge in [-0.2, -0.15) is 0 Å². The second-order valence-corrected chi connectivity index (χ2v) is 2.15. The maximum atomic E-state index is 10.0. The molecule has 0 aliphatic carbocycles. The highest BCUT2D eigenvalue weighted by molar-refractivity contribution is 6.17. The highest BCUT2D eigenvalue weighted by Crippen LogP contribution is 1.95. The Morgan fingerprint density at radius 1 is 1.78 bits per heavy atom. The van der Waals surface area contributed by atoms with Crippen molar-refractivity contribution in [2.45, 2.75) is 18.9 Å². The van der Waals surface area contributed by atoms with Crippen LogP contribution >= 0.6 is 11.6 Å². The van der Waals surface area contributed by atoms with Crippen LogP contribution in [-0.4, -0.2) is 23.0 Å². The van der Waals surface area contributed by atoms with Crippen molar-refractivity contribution in [3.63, 3.8) is 0 Å². The lowest BCUT2D eigenvalue weighted by molar-refractivity contribution is -0.138. The fraction of sp³-hybridized carbons (Fsp3) is 0.800. The molecular formula is C5H10ClNO2. The van der Waals surface area contributed by atoms with Gasteiger partial charge >= 0.3 is 5.97 Å². The Labute approximate surface area is 58.8 Å². The molecule has 3 nitrogen and oxygen atoms in total. The van der Waals surface area contributed by atoms with Gasteiger partial charge in [0.05, 0.1) is 0 Å². The standard InChI is InChI=1S/C5H10ClNO2/c6-3-1-2-4(7)5(8)9/h4H,1-3,7H2,(H,8,9). The van der Waals surface area contributed by atoms with Crippen LogP contribution in [0, 0.1) is 0 Å². The molecule has 0 saturated heterocycles. The first-order valence-electron chi connectivity index (χ1n) is 2.73. The predicted octanol–water partition coefficient (Wildman–Crippen LogP) is 0.417. The molecule has 0 bridgehead atoms. The van der Waals surface area contributed by atoms with Crippen LogP contribution in [-0.2, 0) is 4.79 Å². The van der Waals surface area contributed by atoms with Crippen LogP contribution < -0.4 is 5.73 Å². The van der Waals surface area contributed by atoms with E-state index in [1.54, 1.807) is 0 Å². The molecule has 0 fully saturated rings. The van der Waals surface area contributed by atoms with Gasteiger partial charge in [0.25, 0.3) is 0 Å². The molecule has 9 heavy (non-hydrogen) atoms. The minimum absolute atomic E-state index is 0.457. The number of nitrogens with two attached hydrogens (primary N) is 1. The van der Waals surface area contributed by atoms with Gasteiger partial charge in [0.1, 0.15) is 6.04 Å². The van der Waals surface area contributed by atoms with Crippen molar-refractivity contribution in [3.05, 3.63) is 0 Å². The second kappa shape index (κ2) is 4.58. The number of carboxylic acids is 1. The molecule has 3 N–H and O–H groups in total. The quantitative estimate of drug-likeness (QED) is 0.573. The summed E-state index contributed by atoms with van der Waals surface area (Å²) in [6, 6.07) is -0.747. The average molecular weight is 152 g/mol. The lowest BCUT2D eigenvalue weighted by Gasteiger charge is -2.01. The van der Waals surface area contributed by atoms with Crippen molar-refractivity contribution >= 4 is 17.6 Å². The van der Waals surface area contributed by atoms with E-state index in [1.807, 2.05) is 0 Å². The van der Waals surface area contributed by atoms with E-state index >= 15 is 0 Å². The van der Waals surface area contributed by atoms with Crippen LogP contribution in [0.25, 0.3) is 0 Å². The number of halogens is 1. The lowest BCUT2D eigenvalue weighted by atomic mass is 10.2. The number of aliphatic carboxylic acids is 1. The summed E-state index contributed by atoms with van der Waals surface area (Å²) in [7, 11) is 0. The van der Waals surface area contributed by atoms with Gasteiger partial charge in [-0.05, 0) is 12.8 Å². The van der Waals surface area contributed by atoms with Gasteiger partial charge in [0.2, 0.25) is 0 Å². The van der Waals surface area contributed by atoms with Crippen LogP contribution in [0.15, 0.2) is 0 Å². The number of alkyl halides is 1. The molecule has 0 aromatic carbocycles. The van der Waals surface area contributed by atoms with Crippen molar-refractivity contribution in [2.75, 3.05) is 5.88 Å². The average Bonchev–Trinajstić information content (AvgIpc) is 1.82. The maximum Gasteiger partial charge on any atom is 0.320 e. The van der Waals surface area contributed by atoms with E-state index in [2.05, 4.69) is 0 Å². The van der Waals surface area contributed by atoms with E-state index in [1.165, 1.54) is 0 Å². The lowest BCUT2D eigenvalue weighted by Crippen LogP contribution is -2.29. The molecule has 0 rings (SSSR count). The van der Waals surface area contributed by atoms with Crippen molar-refractivity contribution < 1.29 is 9.90 Å². The Morgan fingerprint density at radius 3 is 2.67 bits per heavy atom. The topological polar surface area (TPSA) is 63.3 Å². The zero-order valence-electron chi connectivity index (χ0n) is 5.01. The van der Waals surface area contributed by atoms with Gasteiger partial charge in [0.15, 0.2) is 0 Å². The Morgan fingerprint density at radius 2 is 2.33 bits per heavy atom. The van der Waals surface area contributed by atoms with Gasteiger partial charge in [-0.3, -0.25) is 4.79 Å². The number of hydrogen-bond acceptors (Lipinski definition) is 2. The van der Waals surface area contributed by atoms with E-state index in [0.717, 1.165) is 0 Å².